The van der Waals surface area contributed by atoms with Gasteiger partial charge in [-0.3, -0.25) is 10.2 Å². The maximum absolute atomic E-state index is 12.3. The largest absolute Gasteiger partial charge is 0.478 e. The summed E-state index contributed by atoms with van der Waals surface area (Å²) in [4.78, 5) is 25.8. The van der Waals surface area contributed by atoms with E-state index in [0.29, 0.717) is 17.4 Å². The fourth-order valence-electron chi connectivity index (χ4n) is 3.22. The second-order valence-electron chi connectivity index (χ2n) is 6.46. The minimum absolute atomic E-state index is 0.0340. The Balaban J connectivity index is 1.79. The van der Waals surface area contributed by atoms with E-state index in [0.717, 1.165) is 12.8 Å². The highest BCUT2D eigenvalue weighted by Gasteiger charge is 2.18. The molecule has 26 heavy (non-hydrogen) atoms. The van der Waals surface area contributed by atoms with Gasteiger partial charge in [-0.05, 0) is 43.2 Å². The van der Waals surface area contributed by atoms with Crippen molar-refractivity contribution in [3.63, 3.8) is 0 Å². The first-order chi connectivity index (χ1) is 12.5. The predicted octanol–water partition coefficient (Wildman–Crippen LogP) is 3.26. The number of pyridine rings is 1. The van der Waals surface area contributed by atoms with E-state index >= 15 is 0 Å². The van der Waals surface area contributed by atoms with E-state index in [-0.39, 0.29) is 22.5 Å². The van der Waals surface area contributed by atoms with Crippen LogP contribution in [-0.4, -0.2) is 27.9 Å². The van der Waals surface area contributed by atoms with E-state index in [1.165, 1.54) is 31.4 Å². The summed E-state index contributed by atoms with van der Waals surface area (Å²) in [5.41, 5.74) is 1.26. The number of aromatic nitrogens is 1. The molecule has 0 atom stereocenters. The first-order valence-corrected chi connectivity index (χ1v) is 8.72. The van der Waals surface area contributed by atoms with Gasteiger partial charge >= 0.3 is 5.97 Å². The van der Waals surface area contributed by atoms with Gasteiger partial charge in [0.05, 0.1) is 11.3 Å². The summed E-state index contributed by atoms with van der Waals surface area (Å²) in [6.45, 7) is 0. The second kappa shape index (κ2) is 7.86. The summed E-state index contributed by atoms with van der Waals surface area (Å²) in [6.07, 6.45) is 7.27. The Labute approximate surface area is 151 Å². The van der Waals surface area contributed by atoms with Gasteiger partial charge < -0.3 is 20.7 Å². The molecule has 1 aliphatic rings. The van der Waals surface area contributed by atoms with E-state index in [1.807, 2.05) is 0 Å². The van der Waals surface area contributed by atoms with Crippen molar-refractivity contribution in [3.05, 3.63) is 58.0 Å². The lowest BCUT2D eigenvalue weighted by molar-refractivity contribution is 0.0697. The predicted molar refractivity (Wildman–Crippen MR) is 101 cm³/mol. The van der Waals surface area contributed by atoms with E-state index in [9.17, 15) is 9.59 Å². The molecule has 2 aromatic rings. The summed E-state index contributed by atoms with van der Waals surface area (Å²) in [5, 5.41) is 23.5. The van der Waals surface area contributed by atoms with Crippen LogP contribution in [-0.2, 0) is 0 Å². The smallest absolute Gasteiger partial charge is 0.335 e. The second-order valence-corrected chi connectivity index (χ2v) is 6.46. The molecule has 0 spiro atoms. The molecule has 1 aromatic carbocycles. The molecular weight excluding hydrogens is 332 g/mol. The van der Waals surface area contributed by atoms with Crippen LogP contribution in [0.15, 0.2) is 41.3 Å². The van der Waals surface area contributed by atoms with Crippen molar-refractivity contribution in [1.82, 2.24) is 4.98 Å². The highest BCUT2D eigenvalue weighted by Crippen LogP contribution is 2.23. The van der Waals surface area contributed by atoms with Crippen molar-refractivity contribution < 1.29 is 9.90 Å². The Morgan fingerprint density at radius 2 is 1.81 bits per heavy atom. The molecule has 0 aliphatic heterocycles. The number of nitrogens with one attached hydrogen (secondary N) is 4. The Bertz CT molecular complexity index is 852. The lowest BCUT2D eigenvalue weighted by Gasteiger charge is -2.25. The van der Waals surface area contributed by atoms with Crippen LogP contribution < -0.4 is 16.2 Å². The standard InChI is InChI=1S/C19H22N4O3/c20-17(23-14-8-6-12(7-9-14)19(25)26)16-15(10-11-21-18(16)24)22-13-4-2-1-3-5-13/h6-11,13H,1-5H2,(H2,20,23)(H,25,26)(H2,21,22,24). The lowest BCUT2D eigenvalue weighted by Crippen LogP contribution is -2.29. The van der Waals surface area contributed by atoms with Crippen molar-refractivity contribution in [3.8, 4) is 0 Å². The summed E-state index contributed by atoms with van der Waals surface area (Å²) in [7, 11) is 0. The summed E-state index contributed by atoms with van der Waals surface area (Å²) in [6, 6.07) is 8.14. The minimum atomic E-state index is -1.01. The molecule has 0 amide bonds. The minimum Gasteiger partial charge on any atom is -0.478 e. The Hall–Kier alpha value is -3.09. The Kier molecular flexibility index (Phi) is 5.36. The fraction of sp³-hybridized carbons (Fsp3) is 0.316. The molecule has 0 radical (unpaired) electrons. The van der Waals surface area contributed by atoms with Gasteiger partial charge in [-0.2, -0.15) is 0 Å². The fourth-order valence-corrected chi connectivity index (χ4v) is 3.22. The monoisotopic (exact) mass is 354 g/mol. The number of carbonyl (C=O) groups is 1. The number of carboxylic acid groups (broad SMARTS) is 1. The number of aromatic amines is 1. The number of aromatic carboxylic acids is 1. The molecule has 1 heterocycles. The number of rotatable bonds is 5. The van der Waals surface area contributed by atoms with Gasteiger partial charge in [0.15, 0.2) is 0 Å². The zero-order chi connectivity index (χ0) is 18.5. The highest BCUT2D eigenvalue weighted by molar-refractivity contribution is 6.09. The third kappa shape index (κ3) is 4.11. The van der Waals surface area contributed by atoms with Gasteiger partial charge in [0.2, 0.25) is 0 Å². The van der Waals surface area contributed by atoms with Gasteiger partial charge in [0.1, 0.15) is 11.4 Å². The molecule has 7 heteroatoms. The van der Waals surface area contributed by atoms with Crippen molar-refractivity contribution in [2.24, 2.45) is 0 Å². The number of amidine groups is 1. The number of hydrogen-bond donors (Lipinski definition) is 5. The van der Waals surface area contributed by atoms with Gasteiger partial charge in [0.25, 0.3) is 5.56 Å². The molecule has 1 aromatic heterocycles. The van der Waals surface area contributed by atoms with Crippen LogP contribution >= 0.6 is 0 Å². The topological polar surface area (TPSA) is 118 Å². The van der Waals surface area contributed by atoms with E-state index in [2.05, 4.69) is 15.6 Å². The lowest BCUT2D eigenvalue weighted by atomic mass is 9.95. The molecule has 0 bridgehead atoms. The quantitative estimate of drug-likeness (QED) is 0.417. The van der Waals surface area contributed by atoms with Crippen LogP contribution in [0.1, 0.15) is 48.0 Å². The van der Waals surface area contributed by atoms with E-state index in [1.54, 1.807) is 24.4 Å². The maximum atomic E-state index is 12.3. The number of carboxylic acids is 1. The number of hydrogen-bond acceptors (Lipinski definition) is 4. The average molecular weight is 354 g/mol. The first-order valence-electron chi connectivity index (χ1n) is 8.72. The number of anilines is 2. The summed E-state index contributed by atoms with van der Waals surface area (Å²) in [5.74, 6) is -1.04. The molecule has 0 saturated heterocycles. The Morgan fingerprint density at radius 1 is 1.12 bits per heavy atom. The van der Waals surface area contributed by atoms with Gasteiger partial charge in [0, 0.05) is 17.9 Å². The number of H-pyrrole nitrogens is 1. The molecule has 136 valence electrons. The van der Waals surface area contributed by atoms with E-state index in [4.69, 9.17) is 10.5 Å². The SMILES string of the molecule is N=C(Nc1ccc(C(=O)O)cc1)c1c(NC2CCCCC2)cc[nH]c1=O. The van der Waals surface area contributed by atoms with Crippen molar-refractivity contribution in [1.29, 1.82) is 5.41 Å². The third-order valence-electron chi connectivity index (χ3n) is 4.58. The zero-order valence-electron chi connectivity index (χ0n) is 14.3. The third-order valence-corrected chi connectivity index (χ3v) is 4.58. The normalized spacial score (nSPS) is 14.6. The van der Waals surface area contributed by atoms with Crippen LogP contribution in [0.25, 0.3) is 0 Å². The van der Waals surface area contributed by atoms with Crippen LogP contribution in [0, 0.1) is 5.41 Å². The average Bonchev–Trinajstić information content (AvgIpc) is 2.63. The van der Waals surface area contributed by atoms with Crippen molar-refractivity contribution in [2.75, 3.05) is 10.6 Å². The molecule has 7 nitrogen and oxygen atoms in total. The van der Waals surface area contributed by atoms with E-state index < -0.39 is 5.97 Å². The van der Waals surface area contributed by atoms with Crippen LogP contribution in [0.2, 0.25) is 0 Å². The zero-order valence-corrected chi connectivity index (χ0v) is 14.3. The highest BCUT2D eigenvalue weighted by atomic mass is 16.4. The number of benzene rings is 1. The van der Waals surface area contributed by atoms with Gasteiger partial charge in [-0.15, -0.1) is 0 Å². The molecule has 3 rings (SSSR count). The molecule has 1 fully saturated rings. The molecule has 5 N–H and O–H groups in total. The van der Waals surface area contributed by atoms with Crippen LogP contribution in [0.5, 0.6) is 0 Å². The molecular formula is C19H22N4O3. The van der Waals surface area contributed by atoms with Crippen molar-refractivity contribution >= 4 is 23.2 Å². The first kappa shape index (κ1) is 17.7. The van der Waals surface area contributed by atoms with Crippen LogP contribution in [0.4, 0.5) is 11.4 Å². The molecule has 0 unspecified atom stereocenters. The summed E-state index contributed by atoms with van der Waals surface area (Å²) < 4.78 is 0. The van der Waals surface area contributed by atoms with Crippen molar-refractivity contribution in [2.45, 2.75) is 38.1 Å². The summed E-state index contributed by atoms with van der Waals surface area (Å²) >= 11 is 0. The Morgan fingerprint density at radius 3 is 2.46 bits per heavy atom. The van der Waals surface area contributed by atoms with Crippen LogP contribution in [0.3, 0.4) is 0 Å². The van der Waals surface area contributed by atoms with Gasteiger partial charge in [-0.25, -0.2) is 4.79 Å². The molecule has 1 saturated carbocycles. The maximum Gasteiger partial charge on any atom is 0.335 e. The van der Waals surface area contributed by atoms with Gasteiger partial charge in [-0.1, -0.05) is 19.3 Å². The molecule has 1 aliphatic carbocycles.